The van der Waals surface area contributed by atoms with Gasteiger partial charge in [-0.2, -0.15) is 21.6 Å². The summed E-state index contributed by atoms with van der Waals surface area (Å²) in [4.78, 5) is 15.9. The first-order chi connectivity index (χ1) is 5.81. The summed E-state index contributed by atoms with van der Waals surface area (Å²) in [5.74, 6) is 0. The van der Waals surface area contributed by atoms with Gasteiger partial charge in [0.05, 0.1) is 0 Å². The molecule has 14 heavy (non-hydrogen) atoms. The second kappa shape index (κ2) is 5.08. The van der Waals surface area contributed by atoms with Crippen molar-refractivity contribution in [3.05, 3.63) is 0 Å². The van der Waals surface area contributed by atoms with Crippen LogP contribution in [0.4, 0.5) is 13.2 Å². The van der Waals surface area contributed by atoms with E-state index in [4.69, 9.17) is 22.8 Å². The van der Waals surface area contributed by atoms with Gasteiger partial charge in [0.15, 0.2) is 0 Å². The molecule has 0 unspecified atom stereocenters. The maximum atomic E-state index is 10.7. The van der Waals surface area contributed by atoms with Crippen LogP contribution in [0, 0.1) is 0 Å². The molecule has 6 nitrogen and oxygen atoms in total. The number of rotatable bonds is 1. The van der Waals surface area contributed by atoms with E-state index < -0.39 is 23.2 Å². The number of alkyl halides is 3. The minimum atomic E-state index is -5.84. The molecule has 11 heteroatoms. The van der Waals surface area contributed by atoms with Crippen molar-refractivity contribution >= 4 is 17.7 Å². The van der Waals surface area contributed by atoms with Crippen molar-refractivity contribution in [2.24, 2.45) is 0 Å². The van der Waals surface area contributed by atoms with Crippen LogP contribution in [-0.4, -0.2) is 34.4 Å². The van der Waals surface area contributed by atoms with Crippen LogP contribution in [0.5, 0.6) is 0 Å². The topological polar surface area (TPSA) is 112 Å². The van der Waals surface area contributed by atoms with Crippen molar-refractivity contribution in [1.29, 1.82) is 0 Å². The van der Waals surface area contributed by atoms with Crippen molar-refractivity contribution in [2.45, 2.75) is 12.4 Å². The first-order valence-corrected chi connectivity index (χ1v) is 6.13. The zero-order chi connectivity index (χ0) is 12.2. The van der Waals surface area contributed by atoms with Gasteiger partial charge in [0, 0.05) is 6.16 Å². The van der Waals surface area contributed by atoms with Crippen molar-refractivity contribution in [2.75, 3.05) is 6.16 Å². The van der Waals surface area contributed by atoms with Gasteiger partial charge in [-0.25, -0.2) is 0 Å². The molecule has 0 bridgehead atoms. The van der Waals surface area contributed by atoms with E-state index in [9.17, 15) is 17.7 Å². The Morgan fingerprint density at radius 1 is 1.29 bits per heavy atom. The summed E-state index contributed by atoms with van der Waals surface area (Å²) in [6.45, 7) is 1.45. The quantitative estimate of drug-likeness (QED) is 0.361. The highest BCUT2D eigenvalue weighted by Crippen LogP contribution is 2.32. The molecule has 0 fully saturated rings. The van der Waals surface area contributed by atoms with Crippen LogP contribution in [0.1, 0.15) is 6.92 Å². The molecule has 0 heterocycles. The summed E-state index contributed by atoms with van der Waals surface area (Å²) in [5.41, 5.74) is -5.53. The molecule has 3 N–H and O–H groups in total. The normalized spacial score (nSPS) is 13.1. The van der Waals surface area contributed by atoms with Crippen LogP contribution < -0.4 is 0 Å². The highest BCUT2D eigenvalue weighted by molar-refractivity contribution is 7.86. The van der Waals surface area contributed by atoms with Gasteiger partial charge in [0.25, 0.3) is 0 Å². The van der Waals surface area contributed by atoms with E-state index in [2.05, 4.69) is 0 Å². The Labute approximate surface area is 77.7 Å². The Kier molecular flexibility index (Phi) is 5.91. The van der Waals surface area contributed by atoms with Crippen molar-refractivity contribution in [1.82, 2.24) is 0 Å². The predicted octanol–water partition coefficient (Wildman–Crippen LogP) is 0.578. The van der Waals surface area contributed by atoms with E-state index >= 15 is 0 Å². The molecule has 0 atom stereocenters. The number of hydrogen-bond acceptors (Lipinski definition) is 3. The highest BCUT2D eigenvalue weighted by atomic mass is 32.2. The molecule has 0 amide bonds. The van der Waals surface area contributed by atoms with E-state index in [1.165, 1.54) is 6.92 Å². The van der Waals surface area contributed by atoms with Crippen LogP contribution >= 0.6 is 7.60 Å². The maximum absolute atomic E-state index is 10.7. The fourth-order valence-corrected chi connectivity index (χ4v) is 0. The number of hydrogen-bond donors (Lipinski definition) is 3. The molecule has 0 aliphatic heterocycles. The second-order valence-electron chi connectivity index (χ2n) is 1.90. The van der Waals surface area contributed by atoms with E-state index in [0.29, 0.717) is 0 Å². The maximum Gasteiger partial charge on any atom is 0.522 e. The lowest BCUT2D eigenvalue weighted by atomic mass is 11.0. The molecule has 0 aliphatic rings. The summed E-state index contributed by atoms with van der Waals surface area (Å²) in [7, 11) is -9.49. The zero-order valence-corrected chi connectivity index (χ0v) is 8.47. The van der Waals surface area contributed by atoms with Gasteiger partial charge in [-0.3, -0.25) is 9.12 Å². The van der Waals surface area contributed by atoms with Gasteiger partial charge >= 0.3 is 23.2 Å². The SMILES string of the molecule is CCP(=O)(O)O.O=S(=O)(O)C(F)(F)F. The fourth-order valence-electron chi connectivity index (χ4n) is 0. The Morgan fingerprint density at radius 2 is 1.43 bits per heavy atom. The Balaban J connectivity index is 0. The average Bonchev–Trinajstić information content (AvgIpc) is 1.82. The smallest absolute Gasteiger partial charge is 0.324 e. The lowest BCUT2D eigenvalue weighted by Crippen LogP contribution is -2.21. The molecule has 0 radical (unpaired) electrons. The Hall–Kier alpha value is -0.150. The molecule has 0 rings (SSSR count). The fraction of sp³-hybridized carbons (Fsp3) is 1.00. The van der Waals surface area contributed by atoms with E-state index in [0.717, 1.165) is 0 Å². The minimum Gasteiger partial charge on any atom is -0.324 e. The van der Waals surface area contributed by atoms with Gasteiger partial charge in [-0.15, -0.1) is 0 Å². The average molecular weight is 260 g/mol. The Morgan fingerprint density at radius 3 is 1.43 bits per heavy atom. The molecular weight excluding hydrogens is 252 g/mol. The van der Waals surface area contributed by atoms with Crippen LogP contribution in [-0.2, 0) is 14.7 Å². The lowest BCUT2D eigenvalue weighted by Gasteiger charge is -1.97. The van der Waals surface area contributed by atoms with Crippen LogP contribution in [0.2, 0.25) is 0 Å². The molecule has 0 aromatic carbocycles. The third-order valence-corrected chi connectivity index (χ3v) is 2.11. The third kappa shape index (κ3) is 9.93. The van der Waals surface area contributed by atoms with Gasteiger partial charge < -0.3 is 9.79 Å². The van der Waals surface area contributed by atoms with Crippen LogP contribution in [0.25, 0.3) is 0 Å². The molecular formula is C3H8F3O6PS. The molecule has 0 saturated heterocycles. The first kappa shape index (κ1) is 16.3. The van der Waals surface area contributed by atoms with Crippen molar-refractivity contribution < 1.29 is 40.5 Å². The molecule has 0 aliphatic carbocycles. The molecule has 0 aromatic heterocycles. The summed E-state index contributed by atoms with van der Waals surface area (Å²) >= 11 is 0. The van der Waals surface area contributed by atoms with E-state index in [1.807, 2.05) is 0 Å². The Bertz CT molecular complexity index is 301. The third-order valence-electron chi connectivity index (χ3n) is 0.704. The van der Waals surface area contributed by atoms with Crippen molar-refractivity contribution in [3.63, 3.8) is 0 Å². The highest BCUT2D eigenvalue weighted by Gasteiger charge is 2.44. The lowest BCUT2D eigenvalue weighted by molar-refractivity contribution is -0.0510. The van der Waals surface area contributed by atoms with E-state index in [1.54, 1.807) is 0 Å². The summed E-state index contributed by atoms with van der Waals surface area (Å²) in [5, 5.41) is 0. The van der Waals surface area contributed by atoms with Gasteiger partial charge in [-0.1, -0.05) is 6.92 Å². The monoisotopic (exact) mass is 260 g/mol. The minimum absolute atomic E-state index is 0.0625. The molecule has 88 valence electrons. The summed E-state index contributed by atoms with van der Waals surface area (Å²) in [6.07, 6.45) is -0.0625. The molecule has 0 saturated carbocycles. The van der Waals surface area contributed by atoms with Crippen molar-refractivity contribution in [3.8, 4) is 0 Å². The first-order valence-electron chi connectivity index (χ1n) is 2.89. The van der Waals surface area contributed by atoms with E-state index in [-0.39, 0.29) is 6.16 Å². The van der Waals surface area contributed by atoms with Gasteiger partial charge in [0.1, 0.15) is 0 Å². The standard InChI is InChI=1S/C2H7O3P.CHF3O3S/c1-2-6(3,4)5;2-1(3,4)8(5,6)7/h2H2,1H3,(H2,3,4,5);(H,5,6,7). The summed E-state index contributed by atoms with van der Waals surface area (Å²) in [6, 6.07) is 0. The van der Waals surface area contributed by atoms with Crippen LogP contribution in [0.15, 0.2) is 0 Å². The van der Waals surface area contributed by atoms with Gasteiger partial charge in [-0.05, 0) is 0 Å². The molecule has 0 aromatic rings. The second-order valence-corrected chi connectivity index (χ2v) is 5.28. The van der Waals surface area contributed by atoms with Gasteiger partial charge in [0.2, 0.25) is 0 Å². The number of halogens is 3. The van der Waals surface area contributed by atoms with Crippen LogP contribution in [0.3, 0.4) is 0 Å². The summed E-state index contributed by atoms with van der Waals surface area (Å²) < 4.78 is 67.2. The zero-order valence-electron chi connectivity index (χ0n) is 6.76. The predicted molar refractivity (Wildman–Crippen MR) is 40.2 cm³/mol. The molecule has 0 spiro atoms. The largest absolute Gasteiger partial charge is 0.522 e.